The van der Waals surface area contributed by atoms with Crippen LogP contribution in [0.4, 0.5) is 0 Å². The zero-order valence-corrected chi connectivity index (χ0v) is 11.1. The molecule has 4 heteroatoms. The number of ketones is 1. The Labute approximate surface area is 107 Å². The highest BCUT2D eigenvalue weighted by Crippen LogP contribution is 2.29. The summed E-state index contributed by atoms with van der Waals surface area (Å²) >= 11 is 0. The Kier molecular flexibility index (Phi) is 3.87. The van der Waals surface area contributed by atoms with Crippen LogP contribution in [0.3, 0.4) is 0 Å². The molecule has 0 radical (unpaired) electrons. The average Bonchev–Trinajstić information content (AvgIpc) is 3.18. The van der Waals surface area contributed by atoms with E-state index in [9.17, 15) is 4.79 Å². The van der Waals surface area contributed by atoms with Crippen molar-refractivity contribution in [2.24, 2.45) is 0 Å². The van der Waals surface area contributed by atoms with Crippen molar-refractivity contribution < 1.29 is 14.3 Å². The molecule has 0 atom stereocenters. The molecular formula is C14H19NO3. The normalized spacial score (nSPS) is 14.4. The van der Waals surface area contributed by atoms with Gasteiger partial charge in [-0.1, -0.05) is 0 Å². The predicted molar refractivity (Wildman–Crippen MR) is 69.6 cm³/mol. The van der Waals surface area contributed by atoms with Gasteiger partial charge in [0, 0.05) is 12.1 Å². The van der Waals surface area contributed by atoms with E-state index in [1.165, 1.54) is 12.8 Å². The van der Waals surface area contributed by atoms with Crippen molar-refractivity contribution in [3.63, 3.8) is 0 Å². The molecule has 1 aromatic rings. The van der Waals surface area contributed by atoms with Gasteiger partial charge in [0.2, 0.25) is 0 Å². The van der Waals surface area contributed by atoms with Gasteiger partial charge in [-0.2, -0.15) is 0 Å². The molecule has 4 nitrogen and oxygen atoms in total. The Morgan fingerprint density at radius 3 is 2.61 bits per heavy atom. The van der Waals surface area contributed by atoms with Crippen LogP contribution in [-0.2, 0) is 0 Å². The van der Waals surface area contributed by atoms with Gasteiger partial charge in [0.05, 0.1) is 26.3 Å². The minimum atomic E-state index is 0.0684. The van der Waals surface area contributed by atoms with Crippen LogP contribution in [-0.4, -0.2) is 32.6 Å². The molecule has 1 aliphatic rings. The standard InChI is InChI=1S/C14H19NO3/c1-9-6-11(17-2)7-13(18-3)14(9)12(16)8-15-10-4-5-10/h6-7,10,15H,4-5,8H2,1-3H3. The third kappa shape index (κ3) is 2.82. The molecule has 2 rings (SSSR count). The van der Waals surface area contributed by atoms with Crippen LogP contribution in [0.5, 0.6) is 11.5 Å². The summed E-state index contributed by atoms with van der Waals surface area (Å²) < 4.78 is 10.5. The van der Waals surface area contributed by atoms with Crippen molar-refractivity contribution in [3.05, 3.63) is 23.3 Å². The second kappa shape index (κ2) is 5.40. The molecule has 0 amide bonds. The quantitative estimate of drug-likeness (QED) is 0.783. The Morgan fingerprint density at radius 1 is 1.33 bits per heavy atom. The van der Waals surface area contributed by atoms with E-state index in [1.54, 1.807) is 20.3 Å². The van der Waals surface area contributed by atoms with Crippen LogP contribution in [0.25, 0.3) is 0 Å². The molecule has 1 saturated carbocycles. The maximum Gasteiger partial charge on any atom is 0.180 e. The first kappa shape index (κ1) is 12.9. The van der Waals surface area contributed by atoms with Crippen molar-refractivity contribution in [2.45, 2.75) is 25.8 Å². The maximum absolute atomic E-state index is 12.2. The minimum absolute atomic E-state index is 0.0684. The second-order valence-electron chi connectivity index (χ2n) is 4.60. The summed E-state index contributed by atoms with van der Waals surface area (Å²) in [5.41, 5.74) is 1.53. The van der Waals surface area contributed by atoms with E-state index in [0.29, 0.717) is 29.6 Å². The molecular weight excluding hydrogens is 230 g/mol. The molecule has 0 spiro atoms. The lowest BCUT2D eigenvalue weighted by molar-refractivity contribution is 0.0987. The molecule has 1 aromatic carbocycles. The van der Waals surface area contributed by atoms with Crippen LogP contribution >= 0.6 is 0 Å². The first-order valence-corrected chi connectivity index (χ1v) is 6.15. The lowest BCUT2D eigenvalue weighted by atomic mass is 10.0. The molecule has 1 N–H and O–H groups in total. The number of carbonyl (C=O) groups excluding carboxylic acids is 1. The molecule has 0 saturated heterocycles. The lowest BCUT2D eigenvalue weighted by Gasteiger charge is -2.13. The van der Waals surface area contributed by atoms with Crippen LogP contribution in [0.2, 0.25) is 0 Å². The fraction of sp³-hybridized carbons (Fsp3) is 0.500. The Hall–Kier alpha value is -1.55. The third-order valence-corrected chi connectivity index (χ3v) is 3.14. The Balaban J connectivity index is 2.20. The summed E-state index contributed by atoms with van der Waals surface area (Å²) in [7, 11) is 3.17. The summed E-state index contributed by atoms with van der Waals surface area (Å²) in [5, 5.41) is 3.23. The van der Waals surface area contributed by atoms with Crippen molar-refractivity contribution in [3.8, 4) is 11.5 Å². The highest BCUT2D eigenvalue weighted by molar-refractivity contribution is 6.01. The van der Waals surface area contributed by atoms with E-state index in [-0.39, 0.29) is 5.78 Å². The largest absolute Gasteiger partial charge is 0.497 e. The van der Waals surface area contributed by atoms with E-state index in [1.807, 2.05) is 13.0 Å². The van der Waals surface area contributed by atoms with Gasteiger partial charge in [0.25, 0.3) is 0 Å². The first-order chi connectivity index (χ1) is 8.65. The minimum Gasteiger partial charge on any atom is -0.497 e. The molecule has 0 heterocycles. The molecule has 18 heavy (non-hydrogen) atoms. The van der Waals surface area contributed by atoms with Crippen LogP contribution in [0.1, 0.15) is 28.8 Å². The van der Waals surface area contributed by atoms with E-state index in [2.05, 4.69) is 5.32 Å². The number of rotatable bonds is 6. The Morgan fingerprint density at radius 2 is 2.06 bits per heavy atom. The van der Waals surface area contributed by atoms with Gasteiger partial charge in [0.15, 0.2) is 5.78 Å². The first-order valence-electron chi connectivity index (χ1n) is 6.15. The number of benzene rings is 1. The number of Topliss-reactive ketones (excluding diaryl/α,β-unsaturated/α-hetero) is 1. The number of ether oxygens (including phenoxy) is 2. The van der Waals surface area contributed by atoms with Crippen molar-refractivity contribution in [1.29, 1.82) is 0 Å². The van der Waals surface area contributed by atoms with Crippen LogP contribution < -0.4 is 14.8 Å². The smallest absolute Gasteiger partial charge is 0.180 e. The zero-order chi connectivity index (χ0) is 13.1. The van der Waals surface area contributed by atoms with Crippen molar-refractivity contribution in [1.82, 2.24) is 5.32 Å². The van der Waals surface area contributed by atoms with Gasteiger partial charge in [-0.05, 0) is 31.4 Å². The number of carbonyl (C=O) groups is 1. The number of methoxy groups -OCH3 is 2. The second-order valence-corrected chi connectivity index (χ2v) is 4.60. The summed E-state index contributed by atoms with van der Waals surface area (Å²) in [6.07, 6.45) is 2.35. The van der Waals surface area contributed by atoms with Gasteiger partial charge >= 0.3 is 0 Å². The summed E-state index contributed by atoms with van der Waals surface area (Å²) in [6.45, 7) is 2.27. The molecule has 0 aromatic heterocycles. The van der Waals surface area contributed by atoms with Gasteiger partial charge < -0.3 is 14.8 Å². The van der Waals surface area contributed by atoms with Gasteiger partial charge in [-0.25, -0.2) is 0 Å². The van der Waals surface area contributed by atoms with E-state index >= 15 is 0 Å². The molecule has 0 bridgehead atoms. The number of hydrogen-bond acceptors (Lipinski definition) is 4. The monoisotopic (exact) mass is 249 g/mol. The summed E-state index contributed by atoms with van der Waals surface area (Å²) in [6, 6.07) is 4.13. The summed E-state index contributed by atoms with van der Waals surface area (Å²) in [5.74, 6) is 1.35. The Bertz CT molecular complexity index is 453. The topological polar surface area (TPSA) is 47.6 Å². The lowest BCUT2D eigenvalue weighted by Crippen LogP contribution is -2.25. The van der Waals surface area contributed by atoms with E-state index < -0.39 is 0 Å². The molecule has 98 valence electrons. The average molecular weight is 249 g/mol. The van der Waals surface area contributed by atoms with Crippen molar-refractivity contribution >= 4 is 5.78 Å². The van der Waals surface area contributed by atoms with Gasteiger partial charge in [-0.3, -0.25) is 4.79 Å². The summed E-state index contributed by atoms with van der Waals surface area (Å²) in [4.78, 5) is 12.2. The van der Waals surface area contributed by atoms with Crippen LogP contribution in [0.15, 0.2) is 12.1 Å². The van der Waals surface area contributed by atoms with Gasteiger partial charge in [0.1, 0.15) is 11.5 Å². The molecule has 1 aliphatic carbocycles. The molecule has 0 aliphatic heterocycles. The van der Waals surface area contributed by atoms with Crippen LogP contribution in [0, 0.1) is 6.92 Å². The highest BCUT2D eigenvalue weighted by Gasteiger charge is 2.23. The predicted octanol–water partition coefficient (Wildman–Crippen LogP) is 1.95. The number of aryl methyl sites for hydroxylation is 1. The number of hydrogen-bond donors (Lipinski definition) is 1. The fourth-order valence-electron chi connectivity index (χ4n) is 1.97. The fourth-order valence-corrected chi connectivity index (χ4v) is 1.97. The maximum atomic E-state index is 12.2. The van der Waals surface area contributed by atoms with Crippen molar-refractivity contribution in [2.75, 3.05) is 20.8 Å². The zero-order valence-electron chi connectivity index (χ0n) is 11.1. The van der Waals surface area contributed by atoms with E-state index in [4.69, 9.17) is 9.47 Å². The molecule has 0 unspecified atom stereocenters. The molecule has 1 fully saturated rings. The third-order valence-electron chi connectivity index (χ3n) is 3.14. The highest BCUT2D eigenvalue weighted by atomic mass is 16.5. The van der Waals surface area contributed by atoms with Gasteiger partial charge in [-0.15, -0.1) is 0 Å². The SMILES string of the molecule is COc1cc(C)c(C(=O)CNC2CC2)c(OC)c1. The van der Waals surface area contributed by atoms with E-state index in [0.717, 1.165) is 5.56 Å². The number of nitrogens with one attached hydrogen (secondary N) is 1.